The Morgan fingerprint density at radius 2 is 2.00 bits per heavy atom. The van der Waals surface area contributed by atoms with E-state index in [9.17, 15) is 9.59 Å². The summed E-state index contributed by atoms with van der Waals surface area (Å²) < 4.78 is 10.2. The van der Waals surface area contributed by atoms with Crippen LogP contribution in [0.15, 0.2) is 30.4 Å². The number of amides is 1. The molecule has 2 heterocycles. The Bertz CT molecular complexity index is 1020. The first-order valence-corrected chi connectivity index (χ1v) is 10.3. The Morgan fingerprint density at radius 1 is 1.25 bits per heavy atom. The van der Waals surface area contributed by atoms with Crippen molar-refractivity contribution in [3.8, 4) is 0 Å². The largest absolute Gasteiger partial charge is 0.343 e. The summed E-state index contributed by atoms with van der Waals surface area (Å²) in [6.45, 7) is 7.96. The third-order valence-electron chi connectivity index (χ3n) is 6.24. The highest BCUT2D eigenvalue weighted by Gasteiger charge is 2.37. The number of carbonyl (C=O) groups excluding carboxylic acids is 2. The Balaban J connectivity index is 1.88. The Morgan fingerprint density at radius 3 is 2.68 bits per heavy atom. The lowest BCUT2D eigenvalue weighted by Gasteiger charge is -2.40. The van der Waals surface area contributed by atoms with Gasteiger partial charge in [-0.15, -0.1) is 0 Å². The molecule has 2 atom stereocenters. The van der Waals surface area contributed by atoms with Gasteiger partial charge in [-0.25, -0.2) is 0 Å². The third-order valence-corrected chi connectivity index (χ3v) is 6.24. The predicted molar refractivity (Wildman–Crippen MR) is 112 cm³/mol. The molecular weight excluding hydrogens is 350 g/mol. The van der Waals surface area contributed by atoms with Crippen LogP contribution in [-0.2, 0) is 11.2 Å². The average molecular weight is 381 g/mol. The van der Waals surface area contributed by atoms with Gasteiger partial charge in [-0.05, 0) is 50.1 Å². The lowest BCUT2D eigenvalue weighted by atomic mass is 9.79. The minimum absolute atomic E-state index is 0.0507. The number of hydrogen-bond donors (Lipinski definition) is 0. The van der Waals surface area contributed by atoms with Crippen LogP contribution in [0.2, 0.25) is 0 Å². The Labute approximate surface area is 168 Å². The van der Waals surface area contributed by atoms with Crippen LogP contribution in [0.25, 0.3) is 16.5 Å². The first-order valence-electron chi connectivity index (χ1n) is 10.8. The molecule has 0 N–H and O–H groups in total. The number of carbonyl (C=O) groups is 2. The van der Waals surface area contributed by atoms with Crippen molar-refractivity contribution in [1.29, 1.82) is 0 Å². The number of rotatable bonds is 4. The maximum Gasteiger partial charge on any atom is 0.230 e. The summed E-state index contributed by atoms with van der Waals surface area (Å²) in [6, 6.07) is 6.09. The van der Waals surface area contributed by atoms with Crippen molar-refractivity contribution in [2.24, 2.45) is 5.92 Å². The van der Waals surface area contributed by atoms with Crippen molar-refractivity contribution < 1.29 is 11.0 Å². The molecule has 1 aliphatic carbocycles. The van der Waals surface area contributed by atoms with Crippen LogP contribution in [-0.4, -0.2) is 58.9 Å². The zero-order valence-corrected chi connectivity index (χ0v) is 17.2. The molecule has 0 saturated heterocycles. The molecule has 0 saturated carbocycles. The zero-order chi connectivity index (χ0) is 20.9. The van der Waals surface area contributed by atoms with Crippen molar-refractivity contribution in [2.45, 2.75) is 39.7 Å². The van der Waals surface area contributed by atoms with Gasteiger partial charge in [0.05, 0.1) is 12.8 Å². The van der Waals surface area contributed by atoms with Gasteiger partial charge in [0, 0.05) is 43.7 Å². The third kappa shape index (κ3) is 2.80. The molecule has 4 rings (SSSR count). The van der Waals surface area contributed by atoms with E-state index in [0.717, 1.165) is 27.6 Å². The fourth-order valence-corrected chi connectivity index (χ4v) is 4.74. The van der Waals surface area contributed by atoms with Gasteiger partial charge in [0.15, 0.2) is 0 Å². The van der Waals surface area contributed by atoms with Gasteiger partial charge in [0.25, 0.3) is 0 Å². The van der Waals surface area contributed by atoms with Crippen molar-refractivity contribution in [1.82, 2.24) is 14.4 Å². The number of likely N-dealkylation sites (N-methyl/N-ethyl adjacent to an activating group) is 1. The van der Waals surface area contributed by atoms with E-state index in [0.29, 0.717) is 38.6 Å². The fourth-order valence-electron chi connectivity index (χ4n) is 4.74. The summed E-state index contributed by atoms with van der Waals surface area (Å²) in [7, 11) is 2.06. The summed E-state index contributed by atoms with van der Waals surface area (Å²) in [5.74, 6) is -0.0475. The van der Waals surface area contributed by atoms with Gasteiger partial charge >= 0.3 is 0 Å². The Kier molecular flexibility index (Phi) is 4.55. The van der Waals surface area contributed by atoms with Gasteiger partial charge in [-0.1, -0.05) is 25.1 Å². The van der Waals surface area contributed by atoms with Crippen LogP contribution >= 0.6 is 0 Å². The van der Waals surface area contributed by atoms with E-state index in [-0.39, 0.29) is 23.8 Å². The van der Waals surface area contributed by atoms with Crippen LogP contribution in [0.3, 0.4) is 0 Å². The standard InChI is InChI=1S/C23H29N3O2/c1-5-21(27)26-14-15-12-20-18(17-9-8-10-19(26)22(15)17)11-16(13-24(20)4)23(28)25(6-2)7-3/h8-11,14,16,20H,5-7,12-13H2,1-4H3/t16-,20-/m1/s1/i14D. The molecule has 1 aliphatic heterocycles. The van der Waals surface area contributed by atoms with Gasteiger partial charge < -0.3 is 4.90 Å². The van der Waals surface area contributed by atoms with E-state index in [2.05, 4.69) is 24.1 Å². The van der Waals surface area contributed by atoms with Crippen LogP contribution in [0.1, 0.15) is 44.5 Å². The maximum absolute atomic E-state index is 13.0. The van der Waals surface area contributed by atoms with Crippen molar-refractivity contribution in [2.75, 3.05) is 26.7 Å². The summed E-state index contributed by atoms with van der Waals surface area (Å²) in [6.07, 6.45) is 3.52. The normalized spacial score (nSPS) is 21.9. The average Bonchev–Trinajstić information content (AvgIpc) is 3.01. The molecule has 0 spiro atoms. The monoisotopic (exact) mass is 380 g/mol. The van der Waals surface area contributed by atoms with E-state index >= 15 is 0 Å². The number of hydrogen-bond acceptors (Lipinski definition) is 3. The first kappa shape index (κ1) is 17.7. The highest BCUT2D eigenvalue weighted by molar-refractivity contribution is 6.03. The van der Waals surface area contributed by atoms with E-state index in [1.807, 2.05) is 37.8 Å². The van der Waals surface area contributed by atoms with Crippen LogP contribution in [0.4, 0.5) is 0 Å². The molecule has 1 amide bonds. The van der Waals surface area contributed by atoms with E-state index in [1.165, 1.54) is 0 Å². The highest BCUT2D eigenvalue weighted by Crippen LogP contribution is 2.41. The van der Waals surface area contributed by atoms with Crippen molar-refractivity contribution in [3.63, 3.8) is 0 Å². The van der Waals surface area contributed by atoms with Gasteiger partial charge in [-0.2, -0.15) is 0 Å². The second-order valence-corrected chi connectivity index (χ2v) is 7.77. The molecule has 148 valence electrons. The minimum atomic E-state index is -0.169. The molecular formula is C23H29N3O2. The second kappa shape index (κ2) is 7.21. The molecule has 0 radical (unpaired) electrons. The quantitative estimate of drug-likeness (QED) is 0.816. The number of benzene rings is 1. The number of aromatic nitrogens is 1. The van der Waals surface area contributed by atoms with E-state index < -0.39 is 0 Å². The molecule has 1 aromatic carbocycles. The van der Waals surface area contributed by atoms with Crippen LogP contribution in [0, 0.1) is 5.92 Å². The van der Waals surface area contributed by atoms with Crippen LogP contribution in [0.5, 0.6) is 0 Å². The van der Waals surface area contributed by atoms with Crippen molar-refractivity contribution >= 4 is 28.3 Å². The summed E-state index contributed by atoms with van der Waals surface area (Å²) in [5, 5.41) is 1.01. The molecule has 2 aliphatic rings. The molecule has 0 fully saturated rings. The zero-order valence-electron chi connectivity index (χ0n) is 18.2. The molecule has 0 unspecified atom stereocenters. The van der Waals surface area contributed by atoms with E-state index in [1.54, 1.807) is 4.57 Å². The van der Waals surface area contributed by atoms with E-state index in [4.69, 9.17) is 1.37 Å². The first-order chi connectivity index (χ1) is 13.9. The van der Waals surface area contributed by atoms with Crippen LogP contribution < -0.4 is 0 Å². The molecule has 0 bridgehead atoms. The summed E-state index contributed by atoms with van der Waals surface area (Å²) >= 11 is 0. The number of nitrogens with zero attached hydrogens (tertiary/aromatic N) is 3. The molecule has 5 nitrogen and oxygen atoms in total. The molecule has 1 aromatic heterocycles. The summed E-state index contributed by atoms with van der Waals surface area (Å²) in [4.78, 5) is 29.7. The SMILES string of the molecule is [2H]c1c2c3c(cccc3n1C(=O)CC)C1=C[C@@H](C(=O)N(CC)CC)CN(C)[C@@H]1C2. The Hall–Kier alpha value is -2.40. The lowest BCUT2D eigenvalue weighted by molar-refractivity contribution is -0.134. The fraction of sp³-hybridized carbons (Fsp3) is 0.478. The lowest BCUT2D eigenvalue weighted by Crippen LogP contribution is -2.47. The predicted octanol–water partition coefficient (Wildman–Crippen LogP) is 3.43. The molecule has 5 heteroatoms. The van der Waals surface area contributed by atoms with Gasteiger partial charge in [-0.3, -0.25) is 19.1 Å². The smallest absolute Gasteiger partial charge is 0.230 e. The van der Waals surface area contributed by atoms with Gasteiger partial charge in [0.1, 0.15) is 0 Å². The highest BCUT2D eigenvalue weighted by atomic mass is 16.2. The minimum Gasteiger partial charge on any atom is -0.343 e. The maximum atomic E-state index is 13.0. The summed E-state index contributed by atoms with van der Waals surface area (Å²) in [5.41, 5.74) is 3.98. The topological polar surface area (TPSA) is 45.6 Å². The molecule has 2 aromatic rings. The van der Waals surface area contributed by atoms with Gasteiger partial charge in [0.2, 0.25) is 11.8 Å². The second-order valence-electron chi connectivity index (χ2n) is 7.77. The van der Waals surface area contributed by atoms with Crippen molar-refractivity contribution in [3.05, 3.63) is 41.6 Å². The number of fused-ring (bicyclic) bond motifs is 2. The molecule has 28 heavy (non-hydrogen) atoms.